The smallest absolute Gasteiger partial charge is 0 e. The SMILES string of the molecule is COc1ccc2c(c1OC)CCCC2.[C-]#[O+].[C-]#[O+].[C-]#[O+].[Cr]. The van der Waals surface area contributed by atoms with Crippen molar-refractivity contribution in [2.75, 3.05) is 14.2 Å². The quantitative estimate of drug-likeness (QED) is 0.617. The molecule has 0 spiro atoms. The third kappa shape index (κ3) is 7.22. The van der Waals surface area contributed by atoms with Gasteiger partial charge in [-0.3, -0.25) is 0 Å². The molecular formula is C15H16CrO5. The molecule has 0 saturated carbocycles. The number of hydrogen-bond donors (Lipinski definition) is 0. The van der Waals surface area contributed by atoms with Crippen molar-refractivity contribution in [3.05, 3.63) is 43.2 Å². The third-order valence-corrected chi connectivity index (χ3v) is 2.87. The van der Waals surface area contributed by atoms with Crippen LogP contribution in [-0.4, -0.2) is 14.2 Å². The number of ether oxygens (including phenoxy) is 2. The van der Waals surface area contributed by atoms with E-state index in [1.165, 1.54) is 30.4 Å². The van der Waals surface area contributed by atoms with Crippen molar-refractivity contribution in [2.24, 2.45) is 0 Å². The fourth-order valence-corrected chi connectivity index (χ4v) is 2.16. The molecule has 21 heavy (non-hydrogen) atoms. The topological polar surface area (TPSA) is 78.2 Å². The summed E-state index contributed by atoms with van der Waals surface area (Å²) in [5, 5.41) is 0. The van der Waals surface area contributed by atoms with Crippen LogP contribution in [0.4, 0.5) is 0 Å². The second kappa shape index (κ2) is 16.6. The van der Waals surface area contributed by atoms with E-state index in [0.717, 1.165) is 17.9 Å². The van der Waals surface area contributed by atoms with Crippen molar-refractivity contribution in [2.45, 2.75) is 25.7 Å². The van der Waals surface area contributed by atoms with Gasteiger partial charge in [0.25, 0.3) is 0 Å². The van der Waals surface area contributed by atoms with E-state index in [4.69, 9.17) is 23.4 Å². The number of methoxy groups -OCH3 is 2. The average Bonchev–Trinajstić information content (AvgIpc) is 2.59. The van der Waals surface area contributed by atoms with Gasteiger partial charge in [0.1, 0.15) is 0 Å². The van der Waals surface area contributed by atoms with Crippen LogP contribution in [0.15, 0.2) is 12.1 Å². The summed E-state index contributed by atoms with van der Waals surface area (Å²) in [7, 11) is 3.40. The minimum Gasteiger partial charge on any atom is 0 e. The maximum atomic E-state index is 7.50. The Morgan fingerprint density at radius 3 is 1.86 bits per heavy atom. The first kappa shape index (κ1) is 24.6. The van der Waals surface area contributed by atoms with Crippen molar-refractivity contribution in [3.8, 4) is 11.5 Å². The van der Waals surface area contributed by atoms with Gasteiger partial charge in [-0.25, -0.2) is 0 Å². The first-order chi connectivity index (χ1) is 9.86. The van der Waals surface area contributed by atoms with Gasteiger partial charge in [0.05, 0.1) is 14.2 Å². The summed E-state index contributed by atoms with van der Waals surface area (Å²) < 4.78 is 33.2. The zero-order chi connectivity index (χ0) is 16.0. The van der Waals surface area contributed by atoms with Gasteiger partial charge in [-0.05, 0) is 37.3 Å². The van der Waals surface area contributed by atoms with E-state index in [-0.39, 0.29) is 17.4 Å². The van der Waals surface area contributed by atoms with Crippen molar-refractivity contribution in [1.29, 1.82) is 0 Å². The molecule has 0 bridgehead atoms. The molecule has 0 radical (unpaired) electrons. The first-order valence-corrected chi connectivity index (χ1v) is 5.70. The van der Waals surface area contributed by atoms with E-state index in [9.17, 15) is 0 Å². The van der Waals surface area contributed by atoms with Crippen LogP contribution in [0.1, 0.15) is 24.0 Å². The molecule has 1 aromatic rings. The molecule has 112 valence electrons. The maximum absolute atomic E-state index is 7.50. The Hall–Kier alpha value is -1.43. The molecule has 0 aromatic heterocycles. The molecule has 6 heteroatoms. The van der Waals surface area contributed by atoms with Gasteiger partial charge in [0.15, 0.2) is 11.5 Å². The number of aryl methyl sites for hydroxylation is 1. The molecule has 0 fully saturated rings. The van der Waals surface area contributed by atoms with Crippen LogP contribution in [-0.2, 0) is 44.2 Å². The summed E-state index contributed by atoms with van der Waals surface area (Å²) in [4.78, 5) is 0. The largest absolute Gasteiger partial charge is 0 e. The predicted octanol–water partition coefficient (Wildman–Crippen LogP) is 2.47. The number of benzene rings is 1. The Balaban J connectivity index is -0.000000414. The molecule has 1 aromatic carbocycles. The number of rotatable bonds is 2. The van der Waals surface area contributed by atoms with Crippen molar-refractivity contribution in [1.82, 2.24) is 0 Å². The summed E-state index contributed by atoms with van der Waals surface area (Å²) in [6, 6.07) is 4.17. The van der Waals surface area contributed by atoms with Gasteiger partial charge < -0.3 is 9.47 Å². The zero-order valence-electron chi connectivity index (χ0n) is 11.9. The average molecular weight is 328 g/mol. The van der Waals surface area contributed by atoms with Crippen LogP contribution in [0.3, 0.4) is 0 Å². The molecule has 1 aliphatic carbocycles. The van der Waals surface area contributed by atoms with Gasteiger partial charge in [-0.2, -0.15) is 0 Å². The zero-order valence-corrected chi connectivity index (χ0v) is 13.2. The molecular weight excluding hydrogens is 312 g/mol. The van der Waals surface area contributed by atoms with E-state index in [0.29, 0.717) is 0 Å². The van der Waals surface area contributed by atoms with E-state index in [1.54, 1.807) is 14.2 Å². The van der Waals surface area contributed by atoms with Gasteiger partial charge in [0.2, 0.25) is 0 Å². The summed E-state index contributed by atoms with van der Waals surface area (Å²) in [6.07, 6.45) is 4.85. The van der Waals surface area contributed by atoms with Gasteiger partial charge in [-0.15, -0.1) is 0 Å². The van der Waals surface area contributed by atoms with Crippen LogP contribution in [0, 0.1) is 20.0 Å². The van der Waals surface area contributed by atoms with Crippen molar-refractivity contribution < 1.29 is 40.8 Å². The third-order valence-electron chi connectivity index (χ3n) is 2.87. The Bertz CT molecular complexity index is 422. The second-order valence-corrected chi connectivity index (χ2v) is 3.65. The van der Waals surface area contributed by atoms with Crippen molar-refractivity contribution >= 4 is 0 Å². The minimum atomic E-state index is 0. The molecule has 2 rings (SSSR count). The van der Waals surface area contributed by atoms with Crippen LogP contribution in [0.5, 0.6) is 11.5 Å². The fraction of sp³-hybridized carbons (Fsp3) is 0.400. The number of hydrogen-bond acceptors (Lipinski definition) is 2. The van der Waals surface area contributed by atoms with Crippen LogP contribution in [0.2, 0.25) is 0 Å². The predicted molar refractivity (Wildman–Crippen MR) is 68.0 cm³/mol. The fourth-order valence-electron chi connectivity index (χ4n) is 2.16. The summed E-state index contributed by atoms with van der Waals surface area (Å²) in [5.74, 6) is 1.79. The molecule has 5 nitrogen and oxygen atoms in total. The summed E-state index contributed by atoms with van der Waals surface area (Å²) in [5.41, 5.74) is 2.77. The standard InChI is InChI=1S/C12H16O2.3CO.Cr/c1-13-11-8-7-9-5-3-4-6-10(9)12(11)14-2;3*1-2;/h7-8H,3-6H2,1-2H3;;;;. The minimum absolute atomic E-state index is 0. The van der Waals surface area contributed by atoms with Gasteiger partial charge in [0, 0.05) is 22.9 Å². The van der Waals surface area contributed by atoms with E-state index >= 15 is 0 Å². The summed E-state index contributed by atoms with van der Waals surface area (Å²) >= 11 is 0. The van der Waals surface area contributed by atoms with E-state index in [1.807, 2.05) is 6.07 Å². The Kier molecular flexibility index (Phi) is 19.5. The molecule has 0 aliphatic heterocycles. The Labute approximate surface area is 135 Å². The maximum Gasteiger partial charge on any atom is 0 e. The second-order valence-electron chi connectivity index (χ2n) is 3.65. The first-order valence-electron chi connectivity index (χ1n) is 5.70. The van der Waals surface area contributed by atoms with Gasteiger partial charge in [-0.1, -0.05) is 6.07 Å². The number of fused-ring (bicyclic) bond motifs is 1. The van der Waals surface area contributed by atoms with Crippen LogP contribution >= 0.6 is 0 Å². The Morgan fingerprint density at radius 1 is 0.857 bits per heavy atom. The van der Waals surface area contributed by atoms with Gasteiger partial charge >= 0.3 is 33.9 Å². The molecule has 0 N–H and O–H groups in total. The summed E-state index contributed by atoms with van der Waals surface area (Å²) in [6.45, 7) is 13.5. The molecule has 1 aliphatic rings. The Morgan fingerprint density at radius 2 is 1.38 bits per heavy atom. The molecule has 0 heterocycles. The monoisotopic (exact) mass is 328 g/mol. The molecule has 0 amide bonds. The van der Waals surface area contributed by atoms with E-state index in [2.05, 4.69) is 26.0 Å². The van der Waals surface area contributed by atoms with Crippen LogP contribution < -0.4 is 9.47 Å². The molecule has 0 saturated heterocycles. The van der Waals surface area contributed by atoms with E-state index < -0.39 is 0 Å². The molecule has 0 unspecified atom stereocenters. The van der Waals surface area contributed by atoms with Crippen LogP contribution in [0.25, 0.3) is 0 Å². The normalized spacial score (nSPS) is 10.1. The molecule has 0 atom stereocenters. The van der Waals surface area contributed by atoms with Crippen molar-refractivity contribution in [3.63, 3.8) is 0 Å².